The van der Waals surface area contributed by atoms with Gasteiger partial charge in [0.05, 0.1) is 10.3 Å². The molecule has 2 aliphatic heterocycles. The van der Waals surface area contributed by atoms with Crippen LogP contribution in [0.4, 0.5) is 10.5 Å². The Balaban J connectivity index is 1.81. The Morgan fingerprint density at radius 2 is 1.85 bits per heavy atom. The van der Waals surface area contributed by atoms with Crippen LogP contribution in [0.25, 0.3) is 0 Å². The van der Waals surface area contributed by atoms with Gasteiger partial charge in [0.25, 0.3) is 0 Å². The molecule has 26 heavy (non-hydrogen) atoms. The predicted octanol–water partition coefficient (Wildman–Crippen LogP) is 0.0748. The number of nitrogens with one attached hydrogen (secondary N) is 2. The number of fused-ring (bicyclic) bond motifs is 1. The van der Waals surface area contributed by atoms with Crippen LogP contribution in [0, 0.1) is 11.3 Å². The quantitative estimate of drug-likeness (QED) is 0.678. The van der Waals surface area contributed by atoms with E-state index in [0.29, 0.717) is 18.8 Å². The molecular weight excluding hydrogens is 360 g/mol. The molecule has 1 aromatic carbocycles. The molecule has 2 saturated heterocycles. The normalized spacial score (nSPS) is 26.5. The van der Waals surface area contributed by atoms with Crippen LogP contribution in [0.1, 0.15) is 0 Å². The van der Waals surface area contributed by atoms with E-state index in [4.69, 9.17) is 0 Å². The number of benzene rings is 1. The number of likely N-dealkylation sites (tertiary alicyclic amines) is 1. The van der Waals surface area contributed by atoms with Gasteiger partial charge < -0.3 is 20.6 Å². The highest BCUT2D eigenvalue weighted by molar-refractivity contribution is 7.89. The number of nitrogens with zero attached hydrogens (tertiary/aromatic N) is 2. The lowest BCUT2D eigenvalue weighted by Gasteiger charge is -2.24. The number of anilines is 1. The molecule has 0 bridgehead atoms. The smallest absolute Gasteiger partial charge is 0.318 e. The molecule has 0 aliphatic carbocycles. The number of carboxylic acid groups (broad SMARTS) is 1. The zero-order chi connectivity index (χ0) is 19.1. The van der Waals surface area contributed by atoms with Gasteiger partial charge in [0.15, 0.2) is 0 Å². The zero-order valence-corrected chi connectivity index (χ0v) is 15.4. The molecule has 10 heteroatoms. The van der Waals surface area contributed by atoms with Crippen molar-refractivity contribution in [3.63, 3.8) is 0 Å². The van der Waals surface area contributed by atoms with Crippen molar-refractivity contribution in [2.45, 2.75) is 4.90 Å². The van der Waals surface area contributed by atoms with Crippen molar-refractivity contribution in [3.05, 3.63) is 24.3 Å². The van der Waals surface area contributed by atoms with E-state index in [1.807, 2.05) is 11.9 Å². The minimum atomic E-state index is -3.80. The summed E-state index contributed by atoms with van der Waals surface area (Å²) >= 11 is 0. The zero-order valence-electron chi connectivity index (χ0n) is 14.6. The molecule has 0 unspecified atom stereocenters. The Labute approximate surface area is 152 Å². The maximum Gasteiger partial charge on any atom is 0.318 e. The number of carboxylic acids is 1. The first-order valence-electron chi connectivity index (χ1n) is 8.20. The average Bonchev–Trinajstić information content (AvgIpc) is 3.09. The van der Waals surface area contributed by atoms with Crippen LogP contribution in [-0.2, 0) is 14.8 Å². The summed E-state index contributed by atoms with van der Waals surface area (Å²) in [4.78, 5) is 25.2. The number of carbonyl (C=O) groups is 2. The molecule has 0 spiro atoms. The summed E-state index contributed by atoms with van der Waals surface area (Å²) < 4.78 is 27.1. The van der Waals surface area contributed by atoms with E-state index in [9.17, 15) is 23.1 Å². The number of urea groups is 1. The molecule has 1 aromatic rings. The lowest BCUT2D eigenvalue weighted by Crippen LogP contribution is -2.41. The highest BCUT2D eigenvalue weighted by atomic mass is 32.2. The summed E-state index contributed by atoms with van der Waals surface area (Å²) in [6.07, 6.45) is 0. The van der Waals surface area contributed by atoms with Crippen LogP contribution in [0.2, 0.25) is 0 Å². The minimum Gasteiger partial charge on any atom is -0.481 e. The Bertz CT molecular complexity index is 826. The Hall–Kier alpha value is -2.17. The molecular formula is C16H22N4O5S. The van der Waals surface area contributed by atoms with E-state index >= 15 is 0 Å². The van der Waals surface area contributed by atoms with E-state index in [1.54, 1.807) is 0 Å². The molecule has 3 rings (SSSR count). The van der Waals surface area contributed by atoms with Gasteiger partial charge in [-0.1, -0.05) is 0 Å². The number of sulfonamides is 1. The van der Waals surface area contributed by atoms with Crippen LogP contribution in [0.5, 0.6) is 0 Å². The van der Waals surface area contributed by atoms with Gasteiger partial charge in [0, 0.05) is 44.8 Å². The molecule has 3 N–H and O–H groups in total. The number of amides is 2. The lowest BCUT2D eigenvalue weighted by atomic mass is 9.81. The van der Waals surface area contributed by atoms with Gasteiger partial charge in [-0.15, -0.1) is 0 Å². The van der Waals surface area contributed by atoms with E-state index in [0.717, 1.165) is 0 Å². The van der Waals surface area contributed by atoms with Gasteiger partial charge in [0.2, 0.25) is 10.0 Å². The Morgan fingerprint density at radius 1 is 1.19 bits per heavy atom. The van der Waals surface area contributed by atoms with Crippen LogP contribution in [0.3, 0.4) is 0 Å². The lowest BCUT2D eigenvalue weighted by molar-refractivity contribution is -0.148. The maximum absolute atomic E-state index is 12.9. The molecule has 142 valence electrons. The Morgan fingerprint density at radius 3 is 2.38 bits per heavy atom. The van der Waals surface area contributed by atoms with E-state index in [2.05, 4.69) is 10.6 Å². The average molecular weight is 382 g/mol. The summed E-state index contributed by atoms with van der Waals surface area (Å²) in [5.41, 5.74) is -0.590. The van der Waals surface area contributed by atoms with E-state index < -0.39 is 27.4 Å². The summed E-state index contributed by atoms with van der Waals surface area (Å²) in [6.45, 7) is 1.07. The molecule has 2 amide bonds. The third-order valence-electron chi connectivity index (χ3n) is 5.15. The molecule has 2 aliphatic rings. The highest BCUT2D eigenvalue weighted by Crippen LogP contribution is 2.44. The minimum absolute atomic E-state index is 0.0298. The highest BCUT2D eigenvalue weighted by Gasteiger charge is 2.59. The molecule has 0 saturated carbocycles. The summed E-state index contributed by atoms with van der Waals surface area (Å²) in [7, 11) is -0.470. The van der Waals surface area contributed by atoms with Crippen molar-refractivity contribution in [2.75, 3.05) is 45.6 Å². The van der Waals surface area contributed by atoms with E-state index in [-0.39, 0.29) is 23.9 Å². The maximum atomic E-state index is 12.9. The van der Waals surface area contributed by atoms with Crippen molar-refractivity contribution in [3.8, 4) is 0 Å². The first kappa shape index (κ1) is 18.6. The van der Waals surface area contributed by atoms with Gasteiger partial charge in [-0.3, -0.25) is 4.79 Å². The fourth-order valence-electron chi connectivity index (χ4n) is 3.81. The monoisotopic (exact) mass is 382 g/mol. The van der Waals surface area contributed by atoms with Gasteiger partial charge >= 0.3 is 12.0 Å². The van der Waals surface area contributed by atoms with Crippen LogP contribution in [0.15, 0.2) is 29.2 Å². The topological polar surface area (TPSA) is 119 Å². The third-order valence-corrected chi connectivity index (χ3v) is 6.98. The number of rotatable bonds is 4. The molecule has 0 radical (unpaired) electrons. The second-order valence-electron chi connectivity index (χ2n) is 6.88. The van der Waals surface area contributed by atoms with Gasteiger partial charge in [-0.05, 0) is 31.3 Å². The first-order chi connectivity index (χ1) is 12.2. The number of carbonyl (C=O) groups excluding carboxylic acids is 1. The van der Waals surface area contributed by atoms with Gasteiger partial charge in [-0.25, -0.2) is 13.2 Å². The molecule has 2 atom stereocenters. The Kier molecular flexibility index (Phi) is 4.67. The van der Waals surface area contributed by atoms with Crippen molar-refractivity contribution >= 4 is 27.7 Å². The standard InChI is InChI=1S/C16H22N4O5S/c1-17-15(23)18-12-3-5-13(6-4-12)26(24,25)20-8-11-7-19(2)9-16(11,10-20)14(21)22/h3-6,11H,7-10H2,1-2H3,(H,21,22)(H2,17,18,23)/t11-,16-/m0/s1. The SMILES string of the molecule is CNC(=O)Nc1ccc(S(=O)(=O)N2C[C@@H]3CN(C)C[C@]3(C(=O)O)C2)cc1. The van der Waals surface area contributed by atoms with Crippen LogP contribution < -0.4 is 10.6 Å². The summed E-state index contributed by atoms with van der Waals surface area (Å²) in [5.74, 6) is -1.18. The third kappa shape index (κ3) is 3.04. The van der Waals surface area contributed by atoms with Crippen molar-refractivity contribution in [2.24, 2.45) is 11.3 Å². The molecule has 2 fully saturated rings. The summed E-state index contributed by atoms with van der Waals surface area (Å²) in [6, 6.07) is 5.42. The predicted molar refractivity (Wildman–Crippen MR) is 94.3 cm³/mol. The largest absolute Gasteiger partial charge is 0.481 e. The van der Waals surface area contributed by atoms with Gasteiger partial charge in [-0.2, -0.15) is 4.31 Å². The van der Waals surface area contributed by atoms with Crippen molar-refractivity contribution in [1.82, 2.24) is 14.5 Å². The van der Waals surface area contributed by atoms with Gasteiger partial charge in [0.1, 0.15) is 0 Å². The number of hydrogen-bond acceptors (Lipinski definition) is 5. The van der Waals surface area contributed by atoms with E-state index in [1.165, 1.54) is 35.6 Å². The second-order valence-corrected chi connectivity index (χ2v) is 8.82. The summed E-state index contributed by atoms with van der Waals surface area (Å²) in [5, 5.41) is 14.7. The fourth-order valence-corrected chi connectivity index (χ4v) is 5.36. The number of aliphatic carboxylic acids is 1. The number of hydrogen-bond donors (Lipinski definition) is 3. The van der Waals surface area contributed by atoms with Crippen LogP contribution in [-0.4, -0.2) is 75.0 Å². The van der Waals surface area contributed by atoms with Crippen molar-refractivity contribution in [1.29, 1.82) is 0 Å². The fraction of sp³-hybridized carbons (Fsp3) is 0.500. The second kappa shape index (κ2) is 6.53. The van der Waals surface area contributed by atoms with Crippen molar-refractivity contribution < 1.29 is 23.1 Å². The molecule has 0 aromatic heterocycles. The first-order valence-corrected chi connectivity index (χ1v) is 9.64. The van der Waals surface area contributed by atoms with Crippen LogP contribution >= 0.6 is 0 Å². The molecule has 9 nitrogen and oxygen atoms in total. The molecule has 2 heterocycles.